The van der Waals surface area contributed by atoms with Crippen molar-refractivity contribution in [2.75, 3.05) is 23.5 Å². The molecule has 18 heavy (non-hydrogen) atoms. The van der Waals surface area contributed by atoms with Gasteiger partial charge in [0.25, 0.3) is 0 Å². The Labute approximate surface area is 111 Å². The third-order valence-electron chi connectivity index (χ3n) is 2.83. The third-order valence-corrected chi connectivity index (χ3v) is 3.78. The summed E-state index contributed by atoms with van der Waals surface area (Å²) < 4.78 is 0. The van der Waals surface area contributed by atoms with Crippen LogP contribution in [0.3, 0.4) is 0 Å². The molecule has 1 aromatic rings. The maximum absolute atomic E-state index is 11.9. The van der Waals surface area contributed by atoms with Crippen LogP contribution in [0, 0.1) is 0 Å². The van der Waals surface area contributed by atoms with Crippen LogP contribution in [0.4, 0.5) is 5.69 Å². The van der Waals surface area contributed by atoms with E-state index in [4.69, 9.17) is 0 Å². The number of thioether (sulfide) groups is 1. The monoisotopic (exact) mass is 264 g/mol. The molecule has 96 valence electrons. The molecule has 2 rings (SSSR count). The van der Waals surface area contributed by atoms with Crippen LogP contribution in [0.1, 0.15) is 12.5 Å². The highest BCUT2D eigenvalue weighted by molar-refractivity contribution is 8.00. The summed E-state index contributed by atoms with van der Waals surface area (Å²) >= 11 is 1.54. The average Bonchev–Trinajstić information content (AvgIpc) is 2.75. The molecule has 2 amide bonds. The quantitative estimate of drug-likeness (QED) is 0.901. The Morgan fingerprint density at radius 3 is 2.89 bits per heavy atom. The van der Waals surface area contributed by atoms with Crippen molar-refractivity contribution in [1.82, 2.24) is 4.90 Å². The van der Waals surface area contributed by atoms with Crippen molar-refractivity contribution in [3.63, 3.8) is 0 Å². The van der Waals surface area contributed by atoms with E-state index in [-0.39, 0.29) is 18.4 Å². The topological polar surface area (TPSA) is 49.4 Å². The summed E-state index contributed by atoms with van der Waals surface area (Å²) in [4.78, 5) is 24.9. The molecule has 0 saturated carbocycles. The molecule has 0 spiro atoms. The second-order valence-electron chi connectivity index (χ2n) is 4.13. The van der Waals surface area contributed by atoms with Crippen LogP contribution in [0.25, 0.3) is 0 Å². The fourth-order valence-electron chi connectivity index (χ4n) is 1.85. The highest BCUT2D eigenvalue weighted by atomic mass is 32.2. The number of benzene rings is 1. The van der Waals surface area contributed by atoms with Gasteiger partial charge in [-0.3, -0.25) is 9.59 Å². The highest BCUT2D eigenvalue weighted by Gasteiger charge is 2.22. The van der Waals surface area contributed by atoms with Gasteiger partial charge in [0, 0.05) is 5.69 Å². The smallest absolute Gasteiger partial charge is 0.244 e. The molecule has 0 aliphatic carbocycles. The average molecular weight is 264 g/mol. The number of nitrogens with one attached hydrogen (secondary N) is 1. The zero-order chi connectivity index (χ0) is 13.0. The van der Waals surface area contributed by atoms with E-state index in [0.717, 1.165) is 17.7 Å². The molecule has 1 fully saturated rings. The minimum absolute atomic E-state index is 0.0407. The number of amides is 2. The summed E-state index contributed by atoms with van der Waals surface area (Å²) in [5.41, 5.74) is 1.94. The summed E-state index contributed by atoms with van der Waals surface area (Å²) in [5.74, 6) is 1.01. The van der Waals surface area contributed by atoms with Crippen LogP contribution in [0.15, 0.2) is 24.3 Å². The van der Waals surface area contributed by atoms with Crippen LogP contribution in [-0.2, 0) is 16.0 Å². The SMILES string of the molecule is CCc1ccccc1NC(=O)CN1CSCC1=O. The zero-order valence-corrected chi connectivity index (χ0v) is 11.1. The molecule has 0 aromatic heterocycles. The molecule has 1 N–H and O–H groups in total. The van der Waals surface area contributed by atoms with Crippen molar-refractivity contribution in [1.29, 1.82) is 0 Å². The number of para-hydroxylation sites is 1. The fourth-order valence-corrected chi connectivity index (χ4v) is 2.76. The Morgan fingerprint density at radius 1 is 1.44 bits per heavy atom. The lowest BCUT2D eigenvalue weighted by Crippen LogP contribution is -2.34. The molecule has 0 bridgehead atoms. The van der Waals surface area contributed by atoms with Crippen molar-refractivity contribution in [3.8, 4) is 0 Å². The number of carbonyl (C=O) groups is 2. The lowest BCUT2D eigenvalue weighted by atomic mass is 10.1. The van der Waals surface area contributed by atoms with Gasteiger partial charge < -0.3 is 10.2 Å². The van der Waals surface area contributed by atoms with Gasteiger partial charge >= 0.3 is 0 Å². The number of nitrogens with zero attached hydrogens (tertiary/aromatic N) is 1. The van der Waals surface area contributed by atoms with Gasteiger partial charge in [0.05, 0.1) is 11.6 Å². The number of aryl methyl sites for hydroxylation is 1. The van der Waals surface area contributed by atoms with Gasteiger partial charge in [-0.05, 0) is 18.1 Å². The van der Waals surface area contributed by atoms with Gasteiger partial charge in [-0.15, -0.1) is 11.8 Å². The van der Waals surface area contributed by atoms with Crippen molar-refractivity contribution in [2.45, 2.75) is 13.3 Å². The second-order valence-corrected chi connectivity index (χ2v) is 5.08. The molecule has 1 saturated heterocycles. The molecule has 0 radical (unpaired) electrons. The van der Waals surface area contributed by atoms with Crippen LogP contribution in [0.5, 0.6) is 0 Å². The Balaban J connectivity index is 1.96. The molecule has 5 heteroatoms. The zero-order valence-electron chi connectivity index (χ0n) is 10.3. The van der Waals surface area contributed by atoms with Crippen molar-refractivity contribution < 1.29 is 9.59 Å². The summed E-state index contributed by atoms with van der Waals surface area (Å²) in [6.45, 7) is 2.19. The van der Waals surface area contributed by atoms with Crippen LogP contribution < -0.4 is 5.32 Å². The first kappa shape index (κ1) is 13.0. The molecule has 1 heterocycles. The standard InChI is InChI=1S/C13H16N2O2S/c1-2-10-5-3-4-6-11(10)14-12(16)7-15-9-18-8-13(15)17/h3-6H,2,7-9H2,1H3,(H,14,16). The molecule has 1 aromatic carbocycles. The maximum Gasteiger partial charge on any atom is 0.244 e. The van der Waals surface area contributed by atoms with E-state index in [0.29, 0.717) is 11.6 Å². The Morgan fingerprint density at radius 2 is 2.22 bits per heavy atom. The Hall–Kier alpha value is -1.49. The van der Waals surface area contributed by atoms with E-state index in [2.05, 4.69) is 5.32 Å². The van der Waals surface area contributed by atoms with Gasteiger partial charge in [-0.25, -0.2) is 0 Å². The Kier molecular flexibility index (Phi) is 4.25. The van der Waals surface area contributed by atoms with E-state index in [9.17, 15) is 9.59 Å². The molecule has 0 unspecified atom stereocenters. The first-order chi connectivity index (χ1) is 8.70. The minimum atomic E-state index is -0.133. The third kappa shape index (κ3) is 3.04. The predicted molar refractivity (Wildman–Crippen MR) is 73.5 cm³/mol. The second kappa shape index (κ2) is 5.91. The van der Waals surface area contributed by atoms with Gasteiger partial charge in [0.15, 0.2) is 0 Å². The summed E-state index contributed by atoms with van der Waals surface area (Å²) in [7, 11) is 0. The van der Waals surface area contributed by atoms with Gasteiger partial charge in [0.2, 0.25) is 11.8 Å². The lowest BCUT2D eigenvalue weighted by molar-refractivity contribution is -0.130. The molecule has 4 nitrogen and oxygen atoms in total. The van der Waals surface area contributed by atoms with E-state index in [1.54, 1.807) is 16.7 Å². The van der Waals surface area contributed by atoms with Crippen molar-refractivity contribution in [2.24, 2.45) is 0 Å². The van der Waals surface area contributed by atoms with E-state index < -0.39 is 0 Å². The number of anilines is 1. The lowest BCUT2D eigenvalue weighted by Gasteiger charge is -2.15. The minimum Gasteiger partial charge on any atom is -0.324 e. The Bertz CT molecular complexity index is 462. The van der Waals surface area contributed by atoms with Gasteiger partial charge in [0.1, 0.15) is 6.54 Å². The molecular formula is C13H16N2O2S. The van der Waals surface area contributed by atoms with Gasteiger partial charge in [-0.1, -0.05) is 25.1 Å². The van der Waals surface area contributed by atoms with Crippen LogP contribution in [-0.4, -0.2) is 34.9 Å². The van der Waals surface area contributed by atoms with E-state index >= 15 is 0 Å². The molecular weight excluding hydrogens is 248 g/mol. The highest BCUT2D eigenvalue weighted by Crippen LogP contribution is 2.17. The van der Waals surface area contributed by atoms with E-state index in [1.807, 2.05) is 31.2 Å². The normalized spacial score (nSPS) is 14.9. The fraction of sp³-hybridized carbons (Fsp3) is 0.385. The number of hydrogen-bond acceptors (Lipinski definition) is 3. The molecule has 0 atom stereocenters. The summed E-state index contributed by atoms with van der Waals surface area (Å²) in [6.07, 6.45) is 0.870. The molecule has 1 aliphatic heterocycles. The van der Waals surface area contributed by atoms with Crippen LogP contribution >= 0.6 is 11.8 Å². The van der Waals surface area contributed by atoms with Crippen molar-refractivity contribution >= 4 is 29.3 Å². The summed E-state index contributed by atoms with van der Waals surface area (Å²) in [6, 6.07) is 7.73. The van der Waals surface area contributed by atoms with Gasteiger partial charge in [-0.2, -0.15) is 0 Å². The summed E-state index contributed by atoms with van der Waals surface area (Å²) in [5, 5.41) is 2.87. The first-order valence-electron chi connectivity index (χ1n) is 5.94. The number of hydrogen-bond donors (Lipinski definition) is 1. The molecule has 1 aliphatic rings. The largest absolute Gasteiger partial charge is 0.324 e. The number of rotatable bonds is 4. The number of carbonyl (C=O) groups excluding carboxylic acids is 2. The van der Waals surface area contributed by atoms with E-state index in [1.165, 1.54) is 0 Å². The van der Waals surface area contributed by atoms with Crippen molar-refractivity contribution in [3.05, 3.63) is 29.8 Å². The van der Waals surface area contributed by atoms with Crippen LogP contribution in [0.2, 0.25) is 0 Å². The maximum atomic E-state index is 11.9. The first-order valence-corrected chi connectivity index (χ1v) is 7.09. The predicted octanol–water partition coefficient (Wildman–Crippen LogP) is 1.72.